The molecule has 1 amide bonds. The van der Waals surface area contributed by atoms with Crippen LogP contribution in [0.15, 0.2) is 47.4 Å². The zero-order valence-electron chi connectivity index (χ0n) is 13.1. The second-order valence-corrected chi connectivity index (χ2v) is 7.21. The number of rotatable bonds is 4. The lowest BCUT2D eigenvalue weighted by atomic mass is 10.2. The van der Waals surface area contributed by atoms with E-state index >= 15 is 0 Å². The minimum atomic E-state index is -0.560. The fourth-order valence-corrected chi connectivity index (χ4v) is 3.72. The molecule has 0 atom stereocenters. The van der Waals surface area contributed by atoms with E-state index in [2.05, 4.69) is 0 Å². The van der Waals surface area contributed by atoms with Gasteiger partial charge in [0.15, 0.2) is 10.9 Å². The Kier molecular flexibility index (Phi) is 5.57. The number of nitrogens with zero attached hydrogens (tertiary/aromatic N) is 2. The minimum absolute atomic E-state index is 0.0295. The van der Waals surface area contributed by atoms with Crippen LogP contribution in [0, 0.1) is 17.1 Å². The smallest absolute Gasteiger partial charge is 0.270 e. The van der Waals surface area contributed by atoms with Crippen molar-refractivity contribution in [3.63, 3.8) is 0 Å². The van der Waals surface area contributed by atoms with Gasteiger partial charge in [0, 0.05) is 0 Å². The van der Waals surface area contributed by atoms with Gasteiger partial charge in [-0.1, -0.05) is 47.7 Å². The van der Waals surface area contributed by atoms with E-state index in [1.54, 1.807) is 30.3 Å². The molecule has 0 N–H and O–H groups in total. The van der Waals surface area contributed by atoms with Crippen molar-refractivity contribution in [3.8, 4) is 11.8 Å². The standard InChI is InChI=1S/C18H10ClFN2O2S2/c19-14-10-12(3-6-15(14)20)22-17(23)16(26-18(22)25)9-11-1-4-13(5-2-11)24-8-7-21/h1-6,9-10H,8H2/b16-9-. The average Bonchev–Trinajstić information content (AvgIpc) is 2.90. The van der Waals surface area contributed by atoms with Gasteiger partial charge in [0.05, 0.1) is 15.6 Å². The first kappa shape index (κ1) is 18.4. The van der Waals surface area contributed by atoms with Crippen LogP contribution in [-0.4, -0.2) is 16.8 Å². The first-order valence-corrected chi connectivity index (χ1v) is 8.92. The molecule has 0 bridgehead atoms. The maximum atomic E-state index is 13.3. The van der Waals surface area contributed by atoms with E-state index in [1.165, 1.54) is 23.1 Å². The molecule has 1 aliphatic heterocycles. The molecule has 2 aromatic rings. The number of thioether (sulfide) groups is 1. The Hall–Kier alpha value is -2.40. The predicted octanol–water partition coefficient (Wildman–Crippen LogP) is 4.79. The van der Waals surface area contributed by atoms with E-state index in [1.807, 2.05) is 6.07 Å². The molecule has 0 unspecified atom stereocenters. The summed E-state index contributed by atoms with van der Waals surface area (Å²) in [5.74, 6) is -0.292. The number of thiocarbonyl (C=S) groups is 1. The van der Waals surface area contributed by atoms with Gasteiger partial charge < -0.3 is 4.74 Å². The topological polar surface area (TPSA) is 53.3 Å². The van der Waals surface area contributed by atoms with Crippen LogP contribution in [-0.2, 0) is 4.79 Å². The summed E-state index contributed by atoms with van der Waals surface area (Å²) >= 11 is 12.2. The summed E-state index contributed by atoms with van der Waals surface area (Å²) in [7, 11) is 0. The summed E-state index contributed by atoms with van der Waals surface area (Å²) < 4.78 is 18.9. The fourth-order valence-electron chi connectivity index (χ4n) is 2.24. The lowest BCUT2D eigenvalue weighted by Gasteiger charge is -2.14. The zero-order chi connectivity index (χ0) is 18.7. The fraction of sp³-hybridized carbons (Fsp3) is 0.0556. The highest BCUT2D eigenvalue weighted by Crippen LogP contribution is 2.37. The molecule has 1 heterocycles. The number of nitriles is 1. The van der Waals surface area contributed by atoms with Crippen molar-refractivity contribution in [1.82, 2.24) is 0 Å². The molecule has 8 heteroatoms. The molecule has 4 nitrogen and oxygen atoms in total. The lowest BCUT2D eigenvalue weighted by molar-refractivity contribution is -0.113. The third kappa shape index (κ3) is 3.88. The van der Waals surface area contributed by atoms with Crippen LogP contribution in [0.1, 0.15) is 5.56 Å². The molecule has 130 valence electrons. The van der Waals surface area contributed by atoms with Gasteiger partial charge in [-0.2, -0.15) is 5.26 Å². The van der Waals surface area contributed by atoms with Gasteiger partial charge in [-0.3, -0.25) is 9.69 Å². The van der Waals surface area contributed by atoms with Crippen LogP contribution in [0.3, 0.4) is 0 Å². The Bertz CT molecular complexity index is 955. The molecule has 2 aromatic carbocycles. The number of ether oxygens (including phenoxy) is 1. The molecule has 0 spiro atoms. The Labute approximate surface area is 163 Å². The number of carbonyl (C=O) groups is 1. The number of amides is 1. The van der Waals surface area contributed by atoms with Crippen molar-refractivity contribution in [3.05, 3.63) is 63.8 Å². The lowest BCUT2D eigenvalue weighted by Crippen LogP contribution is -2.27. The molecule has 1 fully saturated rings. The summed E-state index contributed by atoms with van der Waals surface area (Å²) in [4.78, 5) is 14.4. The van der Waals surface area contributed by atoms with Gasteiger partial charge in [0.25, 0.3) is 5.91 Å². The maximum Gasteiger partial charge on any atom is 0.270 e. The average molecular weight is 405 g/mol. The van der Waals surface area contributed by atoms with Crippen molar-refractivity contribution in [2.24, 2.45) is 0 Å². The molecular formula is C18H10ClFN2O2S2. The van der Waals surface area contributed by atoms with Crippen LogP contribution in [0.2, 0.25) is 5.02 Å². The Morgan fingerprint density at radius 1 is 1.31 bits per heavy atom. The number of hydrogen-bond acceptors (Lipinski definition) is 5. The molecule has 0 aromatic heterocycles. The minimum Gasteiger partial charge on any atom is -0.479 e. The first-order valence-electron chi connectivity index (χ1n) is 7.32. The van der Waals surface area contributed by atoms with E-state index < -0.39 is 5.82 Å². The molecule has 0 aliphatic carbocycles. The summed E-state index contributed by atoms with van der Waals surface area (Å²) in [6.45, 7) is -0.0295. The van der Waals surface area contributed by atoms with E-state index in [4.69, 9.17) is 33.8 Å². The largest absolute Gasteiger partial charge is 0.479 e. The van der Waals surface area contributed by atoms with E-state index in [0.29, 0.717) is 20.7 Å². The molecule has 26 heavy (non-hydrogen) atoms. The summed E-state index contributed by atoms with van der Waals surface area (Å²) in [5.41, 5.74) is 1.20. The van der Waals surface area contributed by atoms with Crippen molar-refractivity contribution >= 4 is 57.6 Å². The Morgan fingerprint density at radius 3 is 2.69 bits per heavy atom. The molecule has 3 rings (SSSR count). The van der Waals surface area contributed by atoms with Gasteiger partial charge in [0.1, 0.15) is 17.6 Å². The Balaban J connectivity index is 1.83. The van der Waals surface area contributed by atoms with Crippen molar-refractivity contribution in [2.75, 3.05) is 11.5 Å². The molecular weight excluding hydrogens is 395 g/mol. The highest BCUT2D eigenvalue weighted by atomic mass is 35.5. The highest BCUT2D eigenvalue weighted by Gasteiger charge is 2.33. The summed E-state index contributed by atoms with van der Waals surface area (Å²) in [6.07, 6.45) is 1.71. The molecule has 1 saturated heterocycles. The van der Waals surface area contributed by atoms with Gasteiger partial charge in [-0.25, -0.2) is 4.39 Å². The van der Waals surface area contributed by atoms with Crippen LogP contribution >= 0.6 is 35.6 Å². The predicted molar refractivity (Wildman–Crippen MR) is 105 cm³/mol. The van der Waals surface area contributed by atoms with Gasteiger partial charge in [0.2, 0.25) is 0 Å². The van der Waals surface area contributed by atoms with Gasteiger partial charge in [-0.05, 0) is 42.0 Å². The van der Waals surface area contributed by atoms with E-state index in [-0.39, 0.29) is 17.5 Å². The van der Waals surface area contributed by atoms with Crippen LogP contribution in [0.4, 0.5) is 10.1 Å². The molecule has 1 aliphatic rings. The zero-order valence-corrected chi connectivity index (χ0v) is 15.5. The number of carbonyl (C=O) groups excluding carboxylic acids is 1. The van der Waals surface area contributed by atoms with Crippen LogP contribution in [0.5, 0.6) is 5.75 Å². The van der Waals surface area contributed by atoms with Crippen LogP contribution < -0.4 is 9.64 Å². The first-order chi connectivity index (χ1) is 12.5. The van der Waals surface area contributed by atoms with E-state index in [0.717, 1.165) is 17.3 Å². The summed E-state index contributed by atoms with van der Waals surface area (Å²) in [5, 5.41) is 8.43. The number of halogens is 2. The second-order valence-electron chi connectivity index (χ2n) is 5.13. The quantitative estimate of drug-likeness (QED) is 0.541. The highest BCUT2D eigenvalue weighted by molar-refractivity contribution is 8.27. The van der Waals surface area contributed by atoms with Crippen molar-refractivity contribution in [2.45, 2.75) is 0 Å². The van der Waals surface area contributed by atoms with Crippen molar-refractivity contribution < 1.29 is 13.9 Å². The monoisotopic (exact) mass is 404 g/mol. The van der Waals surface area contributed by atoms with E-state index in [9.17, 15) is 9.18 Å². The number of benzene rings is 2. The molecule has 0 radical (unpaired) electrons. The normalized spacial score (nSPS) is 15.4. The van der Waals surface area contributed by atoms with Crippen molar-refractivity contribution in [1.29, 1.82) is 5.26 Å². The summed E-state index contributed by atoms with van der Waals surface area (Å²) in [6, 6.07) is 12.9. The second kappa shape index (κ2) is 7.87. The Morgan fingerprint density at radius 2 is 2.04 bits per heavy atom. The third-order valence-electron chi connectivity index (χ3n) is 3.44. The maximum absolute atomic E-state index is 13.3. The SMILES string of the molecule is N#CCOc1ccc(/C=C2\SC(=S)N(c3ccc(F)c(Cl)c3)C2=O)cc1. The molecule has 0 saturated carbocycles. The third-order valence-corrected chi connectivity index (χ3v) is 5.03. The number of hydrogen-bond donors (Lipinski definition) is 0. The number of anilines is 1. The van der Waals surface area contributed by atoms with Gasteiger partial charge >= 0.3 is 0 Å². The van der Waals surface area contributed by atoms with Crippen LogP contribution in [0.25, 0.3) is 6.08 Å². The van der Waals surface area contributed by atoms with Gasteiger partial charge in [-0.15, -0.1) is 0 Å².